The first kappa shape index (κ1) is 19.5. The highest BCUT2D eigenvalue weighted by atomic mass is 19.1. The SMILES string of the molecule is C=C(OC(C)(C)C)[N+](=C)Cc1oc2ccccc2c(=O)c1-c1ccccc1F. The Kier molecular flexibility index (Phi) is 5.18. The van der Waals surface area contributed by atoms with Gasteiger partial charge in [0, 0.05) is 12.1 Å². The third kappa shape index (κ3) is 4.03. The van der Waals surface area contributed by atoms with E-state index in [1.807, 2.05) is 20.8 Å². The van der Waals surface area contributed by atoms with Crippen molar-refractivity contribution in [2.75, 3.05) is 0 Å². The highest BCUT2D eigenvalue weighted by Crippen LogP contribution is 2.28. The van der Waals surface area contributed by atoms with Crippen molar-refractivity contribution in [2.45, 2.75) is 32.9 Å². The van der Waals surface area contributed by atoms with Crippen LogP contribution >= 0.6 is 0 Å². The molecule has 3 aromatic rings. The van der Waals surface area contributed by atoms with Crippen LogP contribution in [-0.4, -0.2) is 16.9 Å². The van der Waals surface area contributed by atoms with Gasteiger partial charge >= 0.3 is 5.88 Å². The van der Waals surface area contributed by atoms with Crippen LogP contribution in [0, 0.1) is 5.82 Å². The summed E-state index contributed by atoms with van der Waals surface area (Å²) in [5.74, 6) is 0.122. The van der Waals surface area contributed by atoms with E-state index in [9.17, 15) is 9.18 Å². The fourth-order valence-corrected chi connectivity index (χ4v) is 2.92. The molecule has 0 bridgehead atoms. The summed E-state index contributed by atoms with van der Waals surface area (Å²) in [5.41, 5.74) is 0.0452. The summed E-state index contributed by atoms with van der Waals surface area (Å²) in [6.07, 6.45) is 0. The zero-order valence-electron chi connectivity index (χ0n) is 16.3. The van der Waals surface area contributed by atoms with Gasteiger partial charge < -0.3 is 9.15 Å². The molecular formula is C23H23FNO3+. The van der Waals surface area contributed by atoms with Crippen molar-refractivity contribution >= 4 is 17.7 Å². The van der Waals surface area contributed by atoms with Crippen LogP contribution in [0.1, 0.15) is 26.5 Å². The molecule has 0 N–H and O–H groups in total. The van der Waals surface area contributed by atoms with Crippen molar-refractivity contribution < 1.29 is 18.1 Å². The van der Waals surface area contributed by atoms with E-state index in [4.69, 9.17) is 9.15 Å². The van der Waals surface area contributed by atoms with Gasteiger partial charge in [-0.1, -0.05) is 30.3 Å². The molecule has 0 fully saturated rings. The summed E-state index contributed by atoms with van der Waals surface area (Å²) >= 11 is 0. The van der Waals surface area contributed by atoms with Crippen molar-refractivity contribution in [3.8, 4) is 11.1 Å². The second-order valence-electron chi connectivity index (χ2n) is 7.51. The molecule has 144 valence electrons. The highest BCUT2D eigenvalue weighted by molar-refractivity contribution is 5.82. The van der Waals surface area contributed by atoms with E-state index in [2.05, 4.69) is 13.3 Å². The molecule has 0 unspecified atom stereocenters. The molecule has 3 rings (SSSR count). The third-order valence-corrected chi connectivity index (χ3v) is 4.13. The summed E-state index contributed by atoms with van der Waals surface area (Å²) in [7, 11) is 0. The van der Waals surface area contributed by atoms with Crippen LogP contribution in [0.5, 0.6) is 0 Å². The lowest BCUT2D eigenvalue weighted by Gasteiger charge is -2.20. The summed E-state index contributed by atoms with van der Waals surface area (Å²) in [6, 6.07) is 13.0. The molecule has 1 aromatic heterocycles. The molecule has 0 spiro atoms. The molecule has 1 heterocycles. The summed E-state index contributed by atoms with van der Waals surface area (Å²) < 4.78 is 27.7. The number of benzene rings is 2. The second-order valence-corrected chi connectivity index (χ2v) is 7.51. The highest BCUT2D eigenvalue weighted by Gasteiger charge is 2.25. The number of hydrogen-bond donors (Lipinski definition) is 0. The van der Waals surface area contributed by atoms with Crippen LogP contribution in [0.25, 0.3) is 22.1 Å². The van der Waals surface area contributed by atoms with Crippen molar-refractivity contribution in [2.24, 2.45) is 0 Å². The van der Waals surface area contributed by atoms with Gasteiger partial charge in [-0.2, -0.15) is 4.58 Å². The van der Waals surface area contributed by atoms with E-state index >= 15 is 0 Å². The number of ether oxygens (including phenoxy) is 1. The molecule has 28 heavy (non-hydrogen) atoms. The van der Waals surface area contributed by atoms with E-state index in [-0.39, 0.29) is 23.1 Å². The smallest absolute Gasteiger partial charge is 0.360 e. The second kappa shape index (κ2) is 7.43. The molecule has 0 atom stereocenters. The van der Waals surface area contributed by atoms with Gasteiger partial charge in [-0.3, -0.25) is 4.79 Å². The molecule has 4 nitrogen and oxygen atoms in total. The predicted molar refractivity (Wildman–Crippen MR) is 109 cm³/mol. The largest absolute Gasteiger partial charge is 0.453 e. The van der Waals surface area contributed by atoms with Gasteiger partial charge in [0.2, 0.25) is 12.0 Å². The van der Waals surface area contributed by atoms with E-state index in [0.717, 1.165) is 0 Å². The monoisotopic (exact) mass is 380 g/mol. The minimum atomic E-state index is -0.494. The van der Waals surface area contributed by atoms with Crippen LogP contribution < -0.4 is 5.43 Å². The average molecular weight is 380 g/mol. The third-order valence-electron chi connectivity index (χ3n) is 4.13. The first-order valence-corrected chi connectivity index (χ1v) is 8.93. The lowest BCUT2D eigenvalue weighted by atomic mass is 10.0. The molecule has 2 aromatic carbocycles. The summed E-state index contributed by atoms with van der Waals surface area (Å²) in [4.78, 5) is 13.2. The average Bonchev–Trinajstić information content (AvgIpc) is 2.62. The molecule has 0 aliphatic carbocycles. The fourth-order valence-electron chi connectivity index (χ4n) is 2.92. The topological polar surface area (TPSA) is 42.5 Å². The minimum absolute atomic E-state index is 0.0959. The van der Waals surface area contributed by atoms with Crippen molar-refractivity contribution in [3.63, 3.8) is 0 Å². The molecule has 0 aliphatic heterocycles. The standard InChI is InChI=1S/C23H23FNO3/c1-15(28-23(2,3)4)25(5)14-20-21(16-10-6-8-12-18(16)24)22(26)17-11-7-9-13-19(17)27-20/h6-13H,1,5,14H2,2-4H3/q+1. The lowest BCUT2D eigenvalue weighted by Crippen LogP contribution is -2.24. The van der Waals surface area contributed by atoms with Gasteiger partial charge in [-0.25, -0.2) is 4.39 Å². The predicted octanol–water partition coefficient (Wildman–Crippen LogP) is 5.10. The number of hydrogen-bond acceptors (Lipinski definition) is 3. The Bertz CT molecular complexity index is 1120. The van der Waals surface area contributed by atoms with E-state index < -0.39 is 11.4 Å². The summed E-state index contributed by atoms with van der Waals surface area (Å²) in [5, 5.41) is 0.393. The molecule has 0 saturated carbocycles. The number of para-hydroxylation sites is 1. The molecule has 0 aliphatic rings. The van der Waals surface area contributed by atoms with Gasteiger partial charge in [0.05, 0.1) is 10.9 Å². The van der Waals surface area contributed by atoms with E-state index in [1.54, 1.807) is 42.5 Å². The van der Waals surface area contributed by atoms with Crippen LogP contribution in [0.15, 0.2) is 70.2 Å². The Morgan fingerprint density at radius 3 is 2.46 bits per heavy atom. The normalized spacial score (nSPS) is 11.4. The Labute approximate surface area is 163 Å². The Hall–Kier alpha value is -3.21. The zero-order chi connectivity index (χ0) is 20.5. The van der Waals surface area contributed by atoms with E-state index in [0.29, 0.717) is 22.6 Å². The van der Waals surface area contributed by atoms with Crippen LogP contribution in [0.4, 0.5) is 4.39 Å². The first-order chi connectivity index (χ1) is 13.2. The maximum Gasteiger partial charge on any atom is 0.360 e. The number of rotatable bonds is 5. The first-order valence-electron chi connectivity index (χ1n) is 8.93. The Morgan fingerprint density at radius 2 is 1.79 bits per heavy atom. The van der Waals surface area contributed by atoms with Gasteiger partial charge in [0.25, 0.3) is 0 Å². The van der Waals surface area contributed by atoms with Crippen LogP contribution in [-0.2, 0) is 11.3 Å². The number of nitrogens with zero attached hydrogens (tertiary/aromatic N) is 1. The van der Waals surface area contributed by atoms with Crippen molar-refractivity contribution in [3.05, 3.63) is 82.8 Å². The molecule has 0 amide bonds. The lowest BCUT2D eigenvalue weighted by molar-refractivity contribution is -0.524. The van der Waals surface area contributed by atoms with Gasteiger partial charge in [0.15, 0.2) is 5.76 Å². The number of fused-ring (bicyclic) bond motifs is 1. The molecular weight excluding hydrogens is 357 g/mol. The van der Waals surface area contributed by atoms with Gasteiger partial charge in [-0.05, 0) is 39.0 Å². The molecule has 5 heteroatoms. The minimum Gasteiger partial charge on any atom is -0.453 e. The van der Waals surface area contributed by atoms with Crippen molar-refractivity contribution in [1.29, 1.82) is 0 Å². The van der Waals surface area contributed by atoms with Crippen LogP contribution in [0.2, 0.25) is 0 Å². The van der Waals surface area contributed by atoms with Gasteiger partial charge in [-0.15, -0.1) is 0 Å². The maximum absolute atomic E-state index is 14.5. The Morgan fingerprint density at radius 1 is 1.14 bits per heavy atom. The van der Waals surface area contributed by atoms with Gasteiger partial charge in [0.1, 0.15) is 23.7 Å². The number of halogens is 1. The maximum atomic E-state index is 14.5. The van der Waals surface area contributed by atoms with E-state index in [1.165, 1.54) is 10.6 Å². The fraction of sp³-hybridized carbons (Fsp3) is 0.217. The van der Waals surface area contributed by atoms with Crippen molar-refractivity contribution in [1.82, 2.24) is 0 Å². The summed E-state index contributed by atoms with van der Waals surface area (Å²) in [6.45, 7) is 13.6. The Balaban J connectivity index is 2.15. The quantitative estimate of drug-likeness (QED) is 0.351. The molecule has 0 saturated heterocycles. The molecule has 0 radical (unpaired) electrons. The van der Waals surface area contributed by atoms with Crippen LogP contribution in [0.3, 0.4) is 0 Å². The zero-order valence-corrected chi connectivity index (χ0v) is 16.3.